The Morgan fingerprint density at radius 1 is 1.04 bits per heavy atom. The molecule has 0 radical (unpaired) electrons. The van der Waals surface area contributed by atoms with Crippen LogP contribution in [0.1, 0.15) is 5.56 Å². The minimum Gasteiger partial charge on any atom is -0.454 e. The average Bonchev–Trinajstić information content (AvgIpc) is 3.33. The Morgan fingerprint density at radius 3 is 2.78 bits per heavy atom. The van der Waals surface area contributed by atoms with Gasteiger partial charge in [0.25, 0.3) is 0 Å². The van der Waals surface area contributed by atoms with E-state index in [2.05, 4.69) is 15.4 Å². The number of nitrogens with one attached hydrogen (secondary N) is 1. The zero-order chi connectivity index (χ0) is 18.2. The fourth-order valence-corrected chi connectivity index (χ4v) is 3.14. The van der Waals surface area contributed by atoms with Crippen molar-refractivity contribution < 1.29 is 9.47 Å². The molecule has 7 nitrogen and oxygen atoms in total. The molecule has 0 unspecified atom stereocenters. The fraction of sp³-hybridized carbons (Fsp3) is 0.100. The standard InChI is InChI=1S/C20H17N5O2/c21-15-4-2-14(3-5-15)16-11-24-25-19(7-8-22-20(16)25)23-10-13-1-6-17-18(9-13)27-12-26-17/h1-9,11,23H,10,12,21H2. The average molecular weight is 359 g/mol. The quantitative estimate of drug-likeness (QED) is 0.544. The zero-order valence-corrected chi connectivity index (χ0v) is 14.4. The highest BCUT2D eigenvalue weighted by molar-refractivity contribution is 5.78. The lowest BCUT2D eigenvalue weighted by Crippen LogP contribution is -2.05. The Morgan fingerprint density at radius 2 is 1.89 bits per heavy atom. The maximum Gasteiger partial charge on any atom is 0.231 e. The van der Waals surface area contributed by atoms with Gasteiger partial charge in [-0.1, -0.05) is 18.2 Å². The smallest absolute Gasteiger partial charge is 0.231 e. The van der Waals surface area contributed by atoms with Crippen LogP contribution < -0.4 is 20.5 Å². The summed E-state index contributed by atoms with van der Waals surface area (Å²) in [4.78, 5) is 4.50. The minimum atomic E-state index is 0.276. The van der Waals surface area contributed by atoms with Crippen LogP contribution in [0.25, 0.3) is 16.8 Å². The third-order valence-corrected chi connectivity index (χ3v) is 4.53. The number of hydrogen-bond donors (Lipinski definition) is 2. The molecule has 0 atom stereocenters. The van der Waals surface area contributed by atoms with Gasteiger partial charge in [0.15, 0.2) is 17.1 Å². The third-order valence-electron chi connectivity index (χ3n) is 4.53. The molecule has 5 rings (SSSR count). The van der Waals surface area contributed by atoms with Crippen LogP contribution in [0.3, 0.4) is 0 Å². The van der Waals surface area contributed by atoms with Crippen LogP contribution in [0.4, 0.5) is 11.5 Å². The molecule has 0 saturated heterocycles. The molecular weight excluding hydrogens is 342 g/mol. The largest absolute Gasteiger partial charge is 0.454 e. The molecule has 0 aliphatic carbocycles. The molecule has 1 aliphatic rings. The van der Waals surface area contributed by atoms with Gasteiger partial charge in [0.2, 0.25) is 6.79 Å². The molecule has 0 fully saturated rings. The van der Waals surface area contributed by atoms with E-state index in [1.165, 1.54) is 0 Å². The number of aromatic nitrogens is 3. The number of nitrogen functional groups attached to an aromatic ring is 1. The van der Waals surface area contributed by atoms with Crippen molar-refractivity contribution >= 4 is 17.2 Å². The molecule has 27 heavy (non-hydrogen) atoms. The first kappa shape index (κ1) is 15.5. The molecule has 0 spiro atoms. The van der Waals surface area contributed by atoms with E-state index in [4.69, 9.17) is 15.2 Å². The predicted molar refractivity (Wildman–Crippen MR) is 103 cm³/mol. The molecule has 4 aromatic rings. The lowest BCUT2D eigenvalue weighted by atomic mass is 10.1. The fourth-order valence-electron chi connectivity index (χ4n) is 3.14. The number of nitrogens with two attached hydrogens (primary N) is 1. The Labute approximate surface area is 155 Å². The summed E-state index contributed by atoms with van der Waals surface area (Å²) in [7, 11) is 0. The van der Waals surface area contributed by atoms with Gasteiger partial charge >= 0.3 is 0 Å². The summed E-state index contributed by atoms with van der Waals surface area (Å²) in [6.45, 7) is 0.908. The Hall–Kier alpha value is -3.74. The summed E-state index contributed by atoms with van der Waals surface area (Å²) < 4.78 is 12.6. The van der Waals surface area contributed by atoms with Crippen LogP contribution in [0.5, 0.6) is 11.5 Å². The van der Waals surface area contributed by atoms with Crippen molar-refractivity contribution in [2.24, 2.45) is 0 Å². The zero-order valence-electron chi connectivity index (χ0n) is 14.4. The highest BCUT2D eigenvalue weighted by Crippen LogP contribution is 2.32. The molecular formula is C20H17N5O2. The van der Waals surface area contributed by atoms with Gasteiger partial charge in [-0.2, -0.15) is 9.61 Å². The first-order valence-corrected chi connectivity index (χ1v) is 8.59. The molecule has 3 N–H and O–H groups in total. The van der Waals surface area contributed by atoms with Crippen LogP contribution in [-0.4, -0.2) is 21.4 Å². The van der Waals surface area contributed by atoms with E-state index in [0.717, 1.165) is 45.3 Å². The first-order valence-electron chi connectivity index (χ1n) is 8.59. The van der Waals surface area contributed by atoms with Gasteiger partial charge < -0.3 is 20.5 Å². The molecule has 134 valence electrons. The number of fused-ring (bicyclic) bond motifs is 2. The van der Waals surface area contributed by atoms with Gasteiger partial charge in [-0.25, -0.2) is 4.98 Å². The Balaban J connectivity index is 1.43. The molecule has 7 heteroatoms. The number of rotatable bonds is 4. The number of nitrogens with zero attached hydrogens (tertiary/aromatic N) is 3. The Kier molecular flexibility index (Phi) is 3.57. The van der Waals surface area contributed by atoms with Gasteiger partial charge in [0.1, 0.15) is 5.82 Å². The summed E-state index contributed by atoms with van der Waals surface area (Å²) in [5.41, 5.74) is 10.4. The lowest BCUT2D eigenvalue weighted by Gasteiger charge is -2.09. The van der Waals surface area contributed by atoms with E-state index in [-0.39, 0.29) is 6.79 Å². The number of hydrogen-bond acceptors (Lipinski definition) is 6. The van der Waals surface area contributed by atoms with Crippen molar-refractivity contribution in [3.63, 3.8) is 0 Å². The lowest BCUT2D eigenvalue weighted by molar-refractivity contribution is 0.174. The third kappa shape index (κ3) is 2.79. The predicted octanol–water partition coefficient (Wildman–Crippen LogP) is 3.32. The second kappa shape index (κ2) is 6.21. The maximum atomic E-state index is 5.78. The molecule has 3 heterocycles. The second-order valence-corrected chi connectivity index (χ2v) is 6.29. The highest BCUT2D eigenvalue weighted by atomic mass is 16.7. The summed E-state index contributed by atoms with van der Waals surface area (Å²) in [6.07, 6.45) is 3.60. The summed E-state index contributed by atoms with van der Waals surface area (Å²) in [6, 6.07) is 15.5. The first-order chi connectivity index (χ1) is 13.3. The highest BCUT2D eigenvalue weighted by Gasteiger charge is 2.14. The van der Waals surface area contributed by atoms with Crippen molar-refractivity contribution in [2.75, 3.05) is 17.8 Å². The number of ether oxygens (including phenoxy) is 2. The van der Waals surface area contributed by atoms with Crippen molar-refractivity contribution in [1.82, 2.24) is 14.6 Å². The van der Waals surface area contributed by atoms with E-state index in [1.807, 2.05) is 54.7 Å². The van der Waals surface area contributed by atoms with E-state index < -0.39 is 0 Å². The van der Waals surface area contributed by atoms with E-state index in [1.54, 1.807) is 10.7 Å². The normalized spacial score (nSPS) is 12.4. The second-order valence-electron chi connectivity index (χ2n) is 6.29. The van der Waals surface area contributed by atoms with Crippen molar-refractivity contribution in [3.05, 3.63) is 66.5 Å². The van der Waals surface area contributed by atoms with Crippen LogP contribution in [0.2, 0.25) is 0 Å². The molecule has 2 aromatic heterocycles. The summed E-state index contributed by atoms with van der Waals surface area (Å²) in [5.74, 6) is 2.42. The van der Waals surface area contributed by atoms with Gasteiger partial charge in [-0.3, -0.25) is 0 Å². The van der Waals surface area contributed by atoms with Crippen LogP contribution in [0.15, 0.2) is 60.9 Å². The minimum absolute atomic E-state index is 0.276. The van der Waals surface area contributed by atoms with Crippen molar-refractivity contribution in [2.45, 2.75) is 6.54 Å². The van der Waals surface area contributed by atoms with Crippen molar-refractivity contribution in [3.8, 4) is 22.6 Å². The van der Waals surface area contributed by atoms with Gasteiger partial charge in [0, 0.05) is 24.0 Å². The molecule has 0 saturated carbocycles. The number of benzene rings is 2. The monoisotopic (exact) mass is 359 g/mol. The summed E-state index contributed by atoms with van der Waals surface area (Å²) >= 11 is 0. The van der Waals surface area contributed by atoms with Gasteiger partial charge in [-0.15, -0.1) is 0 Å². The van der Waals surface area contributed by atoms with E-state index in [9.17, 15) is 0 Å². The Bertz CT molecular complexity index is 1120. The van der Waals surface area contributed by atoms with Gasteiger partial charge in [-0.05, 0) is 41.5 Å². The molecule has 1 aliphatic heterocycles. The maximum absolute atomic E-state index is 5.78. The van der Waals surface area contributed by atoms with Crippen LogP contribution in [0, 0.1) is 0 Å². The topological polar surface area (TPSA) is 86.7 Å². The molecule has 0 bridgehead atoms. The van der Waals surface area contributed by atoms with Crippen LogP contribution in [-0.2, 0) is 6.54 Å². The number of anilines is 2. The van der Waals surface area contributed by atoms with Crippen molar-refractivity contribution in [1.29, 1.82) is 0 Å². The van der Waals surface area contributed by atoms with E-state index >= 15 is 0 Å². The van der Waals surface area contributed by atoms with Crippen LogP contribution >= 0.6 is 0 Å². The summed E-state index contributed by atoms with van der Waals surface area (Å²) in [5, 5.41) is 7.92. The SMILES string of the molecule is Nc1ccc(-c2cnn3c(NCc4ccc5c(c4)OCO5)ccnc23)cc1. The molecule has 0 amide bonds. The molecule has 2 aromatic carbocycles. The van der Waals surface area contributed by atoms with E-state index in [0.29, 0.717) is 6.54 Å². The van der Waals surface area contributed by atoms with Gasteiger partial charge in [0.05, 0.1) is 6.20 Å².